The molecule has 1 aromatic carbocycles. The number of carbonyl (C=O) groups excluding carboxylic acids is 1. The number of halogens is 2. The first kappa shape index (κ1) is 16.4. The molecule has 1 amide bonds. The number of alkyl halides is 2. The lowest BCUT2D eigenvalue weighted by molar-refractivity contribution is -0.121. The molecule has 0 saturated heterocycles. The van der Waals surface area contributed by atoms with Gasteiger partial charge in [-0.3, -0.25) is 4.79 Å². The van der Waals surface area contributed by atoms with E-state index in [0.717, 1.165) is 18.4 Å². The molecule has 0 fully saturated rings. The highest BCUT2D eigenvalue weighted by molar-refractivity contribution is 5.75. The Morgan fingerprint density at radius 3 is 2.55 bits per heavy atom. The predicted octanol–water partition coefficient (Wildman–Crippen LogP) is 2.42. The summed E-state index contributed by atoms with van der Waals surface area (Å²) >= 11 is 0. The van der Waals surface area contributed by atoms with Crippen LogP contribution in [0.5, 0.6) is 5.75 Å². The second-order valence-electron chi connectivity index (χ2n) is 4.67. The number of nitrogens with two attached hydrogens (primary N) is 1. The van der Waals surface area contributed by atoms with E-state index < -0.39 is 6.61 Å². The lowest BCUT2D eigenvalue weighted by Gasteiger charge is -2.08. The summed E-state index contributed by atoms with van der Waals surface area (Å²) in [5.74, 6) is 0.0607. The summed E-state index contributed by atoms with van der Waals surface area (Å²) < 4.78 is 28.2. The Hall–Kier alpha value is -1.69. The highest BCUT2D eigenvalue weighted by Crippen LogP contribution is 2.14. The van der Waals surface area contributed by atoms with Crippen molar-refractivity contribution in [3.8, 4) is 5.75 Å². The van der Waals surface area contributed by atoms with Crippen LogP contribution >= 0.6 is 0 Å². The Kier molecular flexibility index (Phi) is 6.93. The standard InChI is InChI=1S/C14H20F2N2O2/c1-10(17)3-2-4-13(19)18-9-11-5-7-12(8-6-11)20-14(15)16/h5-8,10,14H,2-4,9,17H2,1H3,(H,18,19). The van der Waals surface area contributed by atoms with E-state index >= 15 is 0 Å². The van der Waals surface area contributed by atoms with E-state index in [2.05, 4.69) is 10.1 Å². The smallest absolute Gasteiger partial charge is 0.387 e. The normalized spacial score (nSPS) is 12.2. The van der Waals surface area contributed by atoms with Crippen LogP contribution in [0.25, 0.3) is 0 Å². The number of benzene rings is 1. The fourth-order valence-electron chi connectivity index (χ4n) is 1.66. The lowest BCUT2D eigenvalue weighted by atomic mass is 10.1. The molecule has 0 aromatic heterocycles. The average molecular weight is 286 g/mol. The first-order chi connectivity index (χ1) is 9.47. The maximum absolute atomic E-state index is 12.0. The molecule has 1 aromatic rings. The van der Waals surface area contributed by atoms with Gasteiger partial charge in [0.1, 0.15) is 5.75 Å². The van der Waals surface area contributed by atoms with Gasteiger partial charge >= 0.3 is 6.61 Å². The summed E-state index contributed by atoms with van der Waals surface area (Å²) in [5.41, 5.74) is 6.42. The number of carbonyl (C=O) groups is 1. The molecular weight excluding hydrogens is 266 g/mol. The molecule has 112 valence electrons. The van der Waals surface area contributed by atoms with E-state index in [1.54, 1.807) is 12.1 Å². The van der Waals surface area contributed by atoms with Gasteiger partial charge in [0.15, 0.2) is 0 Å². The third-order valence-electron chi connectivity index (χ3n) is 2.70. The highest BCUT2D eigenvalue weighted by Gasteiger charge is 2.05. The summed E-state index contributed by atoms with van der Waals surface area (Å²) in [6.07, 6.45) is 2.01. The van der Waals surface area contributed by atoms with Gasteiger partial charge < -0.3 is 15.8 Å². The van der Waals surface area contributed by atoms with E-state index in [0.29, 0.717) is 13.0 Å². The van der Waals surface area contributed by atoms with Crippen LogP contribution in [0.15, 0.2) is 24.3 Å². The molecule has 1 atom stereocenters. The maximum atomic E-state index is 12.0. The first-order valence-electron chi connectivity index (χ1n) is 6.53. The van der Waals surface area contributed by atoms with Gasteiger partial charge in [0, 0.05) is 19.0 Å². The Morgan fingerprint density at radius 2 is 2.00 bits per heavy atom. The van der Waals surface area contributed by atoms with Gasteiger partial charge in [-0.2, -0.15) is 8.78 Å². The van der Waals surface area contributed by atoms with Crippen LogP contribution in [0.2, 0.25) is 0 Å². The van der Waals surface area contributed by atoms with Crippen molar-refractivity contribution in [2.45, 2.75) is 45.4 Å². The van der Waals surface area contributed by atoms with E-state index in [-0.39, 0.29) is 17.7 Å². The van der Waals surface area contributed by atoms with Crippen LogP contribution in [0, 0.1) is 0 Å². The average Bonchev–Trinajstić information content (AvgIpc) is 2.37. The molecule has 0 aliphatic heterocycles. The Morgan fingerprint density at radius 1 is 1.35 bits per heavy atom. The van der Waals surface area contributed by atoms with Gasteiger partial charge in [-0.15, -0.1) is 0 Å². The number of rotatable bonds is 8. The Labute approximate surface area is 117 Å². The summed E-state index contributed by atoms with van der Waals surface area (Å²) in [6, 6.07) is 6.28. The number of ether oxygens (including phenoxy) is 1. The minimum absolute atomic E-state index is 0.0430. The SMILES string of the molecule is CC(N)CCCC(=O)NCc1ccc(OC(F)F)cc1. The molecule has 6 heteroatoms. The summed E-state index contributed by atoms with van der Waals surface area (Å²) in [6.45, 7) is -0.558. The molecule has 4 nitrogen and oxygen atoms in total. The second-order valence-corrected chi connectivity index (χ2v) is 4.67. The number of amides is 1. The number of hydrogen-bond acceptors (Lipinski definition) is 3. The molecule has 0 aliphatic rings. The van der Waals surface area contributed by atoms with Gasteiger partial charge in [0.05, 0.1) is 0 Å². The first-order valence-corrected chi connectivity index (χ1v) is 6.53. The van der Waals surface area contributed by atoms with Crippen LogP contribution in [0.4, 0.5) is 8.78 Å². The second kappa shape index (κ2) is 8.47. The van der Waals surface area contributed by atoms with Crippen LogP contribution in [-0.4, -0.2) is 18.6 Å². The molecule has 1 rings (SSSR count). The van der Waals surface area contributed by atoms with Gasteiger partial charge in [-0.1, -0.05) is 12.1 Å². The van der Waals surface area contributed by atoms with Crippen molar-refractivity contribution in [1.29, 1.82) is 0 Å². The summed E-state index contributed by atoms with van der Waals surface area (Å²) in [4.78, 5) is 11.5. The van der Waals surface area contributed by atoms with Crippen molar-refractivity contribution in [2.24, 2.45) is 5.73 Å². The Bertz CT molecular complexity index is 408. The van der Waals surface area contributed by atoms with E-state index in [9.17, 15) is 13.6 Å². The fourth-order valence-corrected chi connectivity index (χ4v) is 1.66. The van der Waals surface area contributed by atoms with Crippen molar-refractivity contribution < 1.29 is 18.3 Å². The molecule has 0 bridgehead atoms. The van der Waals surface area contributed by atoms with E-state index in [4.69, 9.17) is 5.73 Å². The van der Waals surface area contributed by atoms with Crippen molar-refractivity contribution in [3.63, 3.8) is 0 Å². The number of nitrogens with one attached hydrogen (secondary N) is 1. The molecule has 0 spiro atoms. The largest absolute Gasteiger partial charge is 0.435 e. The van der Waals surface area contributed by atoms with Gasteiger partial charge in [0.25, 0.3) is 0 Å². The van der Waals surface area contributed by atoms with Crippen molar-refractivity contribution in [2.75, 3.05) is 0 Å². The molecule has 1 unspecified atom stereocenters. The summed E-state index contributed by atoms with van der Waals surface area (Å²) in [5, 5.41) is 2.76. The van der Waals surface area contributed by atoms with Crippen molar-refractivity contribution in [1.82, 2.24) is 5.32 Å². The molecule has 0 radical (unpaired) electrons. The highest BCUT2D eigenvalue weighted by atomic mass is 19.3. The van der Waals surface area contributed by atoms with E-state index in [1.165, 1.54) is 12.1 Å². The minimum atomic E-state index is -2.83. The molecule has 0 aliphatic carbocycles. The van der Waals surface area contributed by atoms with Crippen LogP contribution in [0.1, 0.15) is 31.7 Å². The maximum Gasteiger partial charge on any atom is 0.387 e. The quantitative estimate of drug-likeness (QED) is 0.771. The number of hydrogen-bond donors (Lipinski definition) is 2. The fraction of sp³-hybridized carbons (Fsp3) is 0.500. The van der Waals surface area contributed by atoms with Crippen molar-refractivity contribution in [3.05, 3.63) is 29.8 Å². The van der Waals surface area contributed by atoms with Crippen LogP contribution in [-0.2, 0) is 11.3 Å². The molecule has 3 N–H and O–H groups in total. The summed E-state index contributed by atoms with van der Waals surface area (Å²) in [7, 11) is 0. The topological polar surface area (TPSA) is 64.4 Å². The Balaban J connectivity index is 2.29. The zero-order chi connectivity index (χ0) is 15.0. The minimum Gasteiger partial charge on any atom is -0.435 e. The van der Waals surface area contributed by atoms with Crippen molar-refractivity contribution >= 4 is 5.91 Å². The third kappa shape index (κ3) is 7.04. The lowest BCUT2D eigenvalue weighted by Crippen LogP contribution is -2.23. The molecule has 20 heavy (non-hydrogen) atoms. The van der Waals surface area contributed by atoms with Gasteiger partial charge in [-0.25, -0.2) is 0 Å². The van der Waals surface area contributed by atoms with Crippen LogP contribution < -0.4 is 15.8 Å². The van der Waals surface area contributed by atoms with Gasteiger partial charge in [-0.05, 0) is 37.5 Å². The molecule has 0 saturated carbocycles. The molecular formula is C14H20F2N2O2. The predicted molar refractivity (Wildman–Crippen MR) is 72.4 cm³/mol. The van der Waals surface area contributed by atoms with Crippen LogP contribution in [0.3, 0.4) is 0 Å². The zero-order valence-electron chi connectivity index (χ0n) is 11.4. The zero-order valence-corrected chi connectivity index (χ0v) is 11.4. The third-order valence-corrected chi connectivity index (χ3v) is 2.70. The van der Waals surface area contributed by atoms with Gasteiger partial charge in [0.2, 0.25) is 5.91 Å². The molecule has 0 heterocycles. The monoisotopic (exact) mass is 286 g/mol. The van der Waals surface area contributed by atoms with E-state index in [1.807, 2.05) is 6.92 Å².